The van der Waals surface area contributed by atoms with E-state index in [4.69, 9.17) is 11.2 Å². The summed E-state index contributed by atoms with van der Waals surface area (Å²) < 4.78 is 5.52. The summed E-state index contributed by atoms with van der Waals surface area (Å²) in [6, 6.07) is -0.773. The molecule has 2 unspecified atom stereocenters. The van der Waals surface area contributed by atoms with E-state index in [1.165, 1.54) is 12.8 Å². The van der Waals surface area contributed by atoms with Gasteiger partial charge in [-0.25, -0.2) is 0 Å². The molecule has 0 saturated carbocycles. The summed E-state index contributed by atoms with van der Waals surface area (Å²) in [5.74, 6) is 2.18. The number of aliphatic hydroxyl groups excluding tert-OH is 2. The summed E-state index contributed by atoms with van der Waals surface area (Å²) in [7, 11) is 0. The molecule has 1 aliphatic rings. The number of carbonyl (C=O) groups excluding carboxylic acids is 2. The SMILES string of the molecule is C#CCNC(=O)C1O[C@@H](C)C(NC(=O)CCCCCCC(C)C)[C@@H](O)[C@@H]1O. The van der Waals surface area contributed by atoms with E-state index >= 15 is 0 Å². The van der Waals surface area contributed by atoms with Gasteiger partial charge in [-0.15, -0.1) is 6.42 Å². The van der Waals surface area contributed by atoms with Crippen LogP contribution in [0, 0.1) is 18.3 Å². The zero-order valence-electron chi connectivity index (χ0n) is 16.6. The van der Waals surface area contributed by atoms with E-state index in [1.807, 2.05) is 0 Å². The van der Waals surface area contributed by atoms with E-state index in [1.54, 1.807) is 6.92 Å². The molecule has 1 rings (SSSR count). The van der Waals surface area contributed by atoms with Crippen LogP contribution >= 0.6 is 0 Å². The molecule has 1 aliphatic heterocycles. The summed E-state index contributed by atoms with van der Waals surface area (Å²) >= 11 is 0. The Morgan fingerprint density at radius 1 is 1.15 bits per heavy atom. The lowest BCUT2D eigenvalue weighted by atomic mass is 9.92. The maximum Gasteiger partial charge on any atom is 0.252 e. The van der Waals surface area contributed by atoms with Crippen molar-refractivity contribution in [3.63, 3.8) is 0 Å². The summed E-state index contributed by atoms with van der Waals surface area (Å²) in [5.41, 5.74) is 0. The zero-order valence-corrected chi connectivity index (χ0v) is 16.6. The van der Waals surface area contributed by atoms with Gasteiger partial charge in [0, 0.05) is 6.42 Å². The third kappa shape index (κ3) is 7.87. The van der Waals surface area contributed by atoms with Crippen LogP contribution in [0.15, 0.2) is 0 Å². The molecule has 27 heavy (non-hydrogen) atoms. The van der Waals surface area contributed by atoms with Gasteiger partial charge < -0.3 is 25.6 Å². The van der Waals surface area contributed by atoms with E-state index in [0.29, 0.717) is 12.3 Å². The Labute approximate surface area is 162 Å². The van der Waals surface area contributed by atoms with Gasteiger partial charge in [-0.1, -0.05) is 45.5 Å². The smallest absolute Gasteiger partial charge is 0.252 e. The average Bonchev–Trinajstić information content (AvgIpc) is 2.62. The number of carbonyl (C=O) groups is 2. The topological polar surface area (TPSA) is 108 Å². The molecule has 1 fully saturated rings. The maximum atomic E-state index is 12.1. The quantitative estimate of drug-likeness (QED) is 0.329. The number of ether oxygens (including phenoxy) is 1. The van der Waals surface area contributed by atoms with Crippen molar-refractivity contribution in [2.75, 3.05) is 6.54 Å². The molecule has 0 bridgehead atoms. The van der Waals surface area contributed by atoms with Crippen molar-refractivity contribution in [2.45, 2.75) is 89.8 Å². The monoisotopic (exact) mass is 382 g/mol. The van der Waals surface area contributed by atoms with Gasteiger partial charge in [0.15, 0.2) is 6.10 Å². The standard InChI is InChI=1S/C20H34N2O5/c1-5-12-21-20(26)19-18(25)17(24)16(14(4)27-19)22-15(23)11-9-7-6-8-10-13(2)3/h1,13-14,16-19,24-25H,6-12H2,2-4H3,(H,21,26)(H,22,23)/t14-,16?,17+,18-,19?/m0/s1. The third-order valence-corrected chi connectivity index (χ3v) is 4.78. The van der Waals surface area contributed by atoms with Gasteiger partial charge in [-0.3, -0.25) is 9.59 Å². The van der Waals surface area contributed by atoms with E-state index in [9.17, 15) is 19.8 Å². The van der Waals surface area contributed by atoms with Gasteiger partial charge in [0.05, 0.1) is 18.7 Å². The molecule has 1 saturated heterocycles. The first-order chi connectivity index (χ1) is 12.8. The first-order valence-electron chi connectivity index (χ1n) is 9.80. The Bertz CT molecular complexity index is 517. The highest BCUT2D eigenvalue weighted by atomic mass is 16.5. The highest BCUT2D eigenvalue weighted by Gasteiger charge is 2.46. The fourth-order valence-electron chi connectivity index (χ4n) is 3.17. The number of hydrogen-bond donors (Lipinski definition) is 4. The number of terminal acetylenes is 1. The van der Waals surface area contributed by atoms with Crippen molar-refractivity contribution in [3.05, 3.63) is 0 Å². The molecule has 0 aromatic rings. The van der Waals surface area contributed by atoms with Gasteiger partial charge in [-0.2, -0.15) is 0 Å². The Morgan fingerprint density at radius 2 is 1.81 bits per heavy atom. The second kappa shape index (κ2) is 12.0. The van der Waals surface area contributed by atoms with Crippen LogP contribution in [0.25, 0.3) is 0 Å². The number of hydrogen-bond acceptors (Lipinski definition) is 5. The minimum atomic E-state index is -1.44. The first kappa shape index (κ1) is 23.4. The van der Waals surface area contributed by atoms with Crippen molar-refractivity contribution in [3.8, 4) is 12.3 Å². The van der Waals surface area contributed by atoms with Gasteiger partial charge in [0.25, 0.3) is 5.91 Å². The lowest BCUT2D eigenvalue weighted by Crippen LogP contribution is -2.65. The maximum absolute atomic E-state index is 12.1. The Morgan fingerprint density at radius 3 is 2.44 bits per heavy atom. The fraction of sp³-hybridized carbons (Fsp3) is 0.800. The van der Waals surface area contributed by atoms with E-state index in [-0.39, 0.29) is 12.5 Å². The van der Waals surface area contributed by atoms with Crippen LogP contribution in [-0.4, -0.2) is 59.0 Å². The molecular formula is C20H34N2O5. The number of amides is 2. The van der Waals surface area contributed by atoms with Crippen LogP contribution in [0.4, 0.5) is 0 Å². The highest BCUT2D eigenvalue weighted by molar-refractivity contribution is 5.82. The van der Waals surface area contributed by atoms with Crippen LogP contribution in [0.1, 0.15) is 59.3 Å². The van der Waals surface area contributed by atoms with Crippen molar-refractivity contribution >= 4 is 11.8 Å². The zero-order chi connectivity index (χ0) is 20.4. The van der Waals surface area contributed by atoms with Crippen molar-refractivity contribution in [1.29, 1.82) is 0 Å². The minimum absolute atomic E-state index is 0.00717. The minimum Gasteiger partial charge on any atom is -0.388 e. The summed E-state index contributed by atoms with van der Waals surface area (Å²) in [4.78, 5) is 24.1. The molecule has 0 aromatic heterocycles. The molecule has 7 heteroatoms. The predicted octanol–water partition coefficient (Wildman–Crippen LogP) is 0.726. The molecule has 0 radical (unpaired) electrons. The largest absolute Gasteiger partial charge is 0.388 e. The van der Waals surface area contributed by atoms with Gasteiger partial charge in [0.1, 0.15) is 12.2 Å². The van der Waals surface area contributed by atoms with Crippen LogP contribution in [0.3, 0.4) is 0 Å². The van der Waals surface area contributed by atoms with Gasteiger partial charge in [-0.05, 0) is 19.3 Å². The van der Waals surface area contributed by atoms with E-state index in [0.717, 1.165) is 19.3 Å². The summed E-state index contributed by atoms with van der Waals surface area (Å²) in [5, 5.41) is 25.7. The fourth-order valence-corrected chi connectivity index (χ4v) is 3.17. The molecule has 5 atom stereocenters. The van der Waals surface area contributed by atoms with Crippen LogP contribution in [0.5, 0.6) is 0 Å². The lowest BCUT2D eigenvalue weighted by Gasteiger charge is -2.41. The molecule has 0 aromatic carbocycles. The third-order valence-electron chi connectivity index (χ3n) is 4.78. The van der Waals surface area contributed by atoms with Crippen LogP contribution in [-0.2, 0) is 14.3 Å². The number of aliphatic hydroxyl groups is 2. The van der Waals surface area contributed by atoms with Crippen molar-refractivity contribution in [2.24, 2.45) is 5.92 Å². The van der Waals surface area contributed by atoms with Crippen LogP contribution in [0.2, 0.25) is 0 Å². The highest BCUT2D eigenvalue weighted by Crippen LogP contribution is 2.21. The summed E-state index contributed by atoms with van der Waals surface area (Å²) in [6.07, 6.45) is 6.09. The Hall–Kier alpha value is -1.62. The Kier molecular flexibility index (Phi) is 10.4. The van der Waals surface area contributed by atoms with Crippen molar-refractivity contribution < 1.29 is 24.5 Å². The van der Waals surface area contributed by atoms with E-state index < -0.39 is 36.4 Å². The molecule has 7 nitrogen and oxygen atoms in total. The van der Waals surface area contributed by atoms with Gasteiger partial charge in [0.2, 0.25) is 5.91 Å². The predicted molar refractivity (Wildman–Crippen MR) is 103 cm³/mol. The molecule has 154 valence electrons. The molecule has 0 spiro atoms. The van der Waals surface area contributed by atoms with Crippen molar-refractivity contribution in [1.82, 2.24) is 10.6 Å². The normalized spacial score (nSPS) is 27.8. The average molecular weight is 383 g/mol. The molecule has 0 aliphatic carbocycles. The summed E-state index contributed by atoms with van der Waals surface area (Å²) in [6.45, 7) is 6.05. The molecule has 1 heterocycles. The Balaban J connectivity index is 2.41. The molecule has 2 amide bonds. The molecule has 4 N–H and O–H groups in total. The first-order valence-corrected chi connectivity index (χ1v) is 9.80. The number of nitrogens with one attached hydrogen (secondary N) is 2. The second-order valence-corrected chi connectivity index (χ2v) is 7.60. The second-order valence-electron chi connectivity index (χ2n) is 7.60. The van der Waals surface area contributed by atoms with E-state index in [2.05, 4.69) is 30.4 Å². The van der Waals surface area contributed by atoms with Crippen LogP contribution < -0.4 is 10.6 Å². The number of rotatable bonds is 10. The molecular weight excluding hydrogens is 348 g/mol. The van der Waals surface area contributed by atoms with Gasteiger partial charge >= 0.3 is 0 Å². The number of unbranched alkanes of at least 4 members (excludes halogenated alkanes) is 3. The lowest BCUT2D eigenvalue weighted by molar-refractivity contribution is -0.188.